The average molecular weight is 444 g/mol. The van der Waals surface area contributed by atoms with Crippen molar-refractivity contribution in [3.63, 3.8) is 0 Å². The summed E-state index contributed by atoms with van der Waals surface area (Å²) < 4.78 is 0. The number of aldehydes is 1. The van der Waals surface area contributed by atoms with Gasteiger partial charge < -0.3 is 19.9 Å². The van der Waals surface area contributed by atoms with Gasteiger partial charge in [-0.1, -0.05) is 30.3 Å². The first-order valence-corrected chi connectivity index (χ1v) is 11.3. The lowest BCUT2D eigenvalue weighted by atomic mass is 10.1. The van der Waals surface area contributed by atoms with Crippen LogP contribution in [0.2, 0.25) is 0 Å². The maximum atomic E-state index is 13.1. The Balaban J connectivity index is 1.47. The second-order valence-corrected chi connectivity index (χ2v) is 8.22. The molecule has 4 rings (SSSR count). The topological polar surface area (TPSA) is 78.4 Å². The Labute approximate surface area is 194 Å². The molecule has 33 heavy (non-hydrogen) atoms. The molecule has 170 valence electrons. The summed E-state index contributed by atoms with van der Waals surface area (Å²) in [7, 11) is 0. The second-order valence-electron chi connectivity index (χ2n) is 8.22. The first kappa shape index (κ1) is 22.5. The molecule has 0 radical (unpaired) electrons. The van der Waals surface area contributed by atoms with E-state index in [-0.39, 0.29) is 5.91 Å². The summed E-state index contributed by atoms with van der Waals surface area (Å²) in [6.45, 7) is 5.30. The van der Waals surface area contributed by atoms with Crippen molar-refractivity contribution in [2.45, 2.75) is 25.8 Å². The van der Waals surface area contributed by atoms with Gasteiger partial charge in [-0.2, -0.15) is 0 Å². The van der Waals surface area contributed by atoms with Crippen LogP contribution in [0.4, 0.5) is 11.5 Å². The molecule has 1 atom stereocenters. The summed E-state index contributed by atoms with van der Waals surface area (Å²) >= 11 is 0. The molecule has 0 bridgehead atoms. The lowest BCUT2D eigenvalue weighted by Crippen LogP contribution is -2.39. The fourth-order valence-corrected chi connectivity index (χ4v) is 4.25. The van der Waals surface area contributed by atoms with E-state index >= 15 is 0 Å². The molecule has 1 saturated heterocycles. The van der Waals surface area contributed by atoms with E-state index in [1.165, 1.54) is 0 Å². The smallest absolute Gasteiger partial charge is 0.255 e. The standard InChI is InChI=1S/C26H29N5O2/c1-20-24(11-6-12-27-20)30-14-7-15-31(17-16-30)25-23(10-5-13-28-25)26(33)29-22(19-32)18-21-8-3-2-4-9-21/h2-6,8-13,19,22H,7,14-18H2,1H3,(H,29,33). The molecule has 1 aliphatic heterocycles. The van der Waals surface area contributed by atoms with Gasteiger partial charge in [0.15, 0.2) is 0 Å². The molecule has 7 heteroatoms. The fourth-order valence-electron chi connectivity index (χ4n) is 4.25. The Morgan fingerprint density at radius 1 is 0.970 bits per heavy atom. The molecule has 1 N–H and O–H groups in total. The SMILES string of the molecule is Cc1ncccc1N1CCCN(c2ncccc2C(=O)NC(C=O)Cc2ccccc2)CC1. The quantitative estimate of drug-likeness (QED) is 0.566. The third kappa shape index (κ3) is 5.55. The lowest BCUT2D eigenvalue weighted by molar-refractivity contribution is -0.109. The van der Waals surface area contributed by atoms with E-state index in [0.29, 0.717) is 17.8 Å². The average Bonchev–Trinajstić information content (AvgIpc) is 3.11. The number of carbonyl (C=O) groups excluding carboxylic acids is 2. The molecule has 0 spiro atoms. The number of nitrogens with one attached hydrogen (secondary N) is 1. The van der Waals surface area contributed by atoms with Crippen molar-refractivity contribution in [1.29, 1.82) is 0 Å². The zero-order valence-electron chi connectivity index (χ0n) is 18.9. The first-order chi connectivity index (χ1) is 16.2. The summed E-state index contributed by atoms with van der Waals surface area (Å²) in [6, 6.07) is 16.7. The Bertz CT molecular complexity index is 1090. The van der Waals surface area contributed by atoms with Crippen LogP contribution in [-0.4, -0.2) is 54.4 Å². The zero-order valence-corrected chi connectivity index (χ0v) is 18.9. The Hall–Kier alpha value is -3.74. The highest BCUT2D eigenvalue weighted by Crippen LogP contribution is 2.23. The highest BCUT2D eigenvalue weighted by atomic mass is 16.2. The van der Waals surface area contributed by atoms with Crippen LogP contribution in [0.15, 0.2) is 67.0 Å². The number of rotatable bonds is 7. The predicted octanol–water partition coefficient (Wildman–Crippen LogP) is 3.04. The first-order valence-electron chi connectivity index (χ1n) is 11.3. The molecule has 0 saturated carbocycles. The number of benzene rings is 1. The van der Waals surface area contributed by atoms with Crippen LogP contribution in [0.5, 0.6) is 0 Å². The number of pyridine rings is 2. The summed E-state index contributed by atoms with van der Waals surface area (Å²) in [5.41, 5.74) is 3.65. The Kier molecular flexibility index (Phi) is 7.29. The summed E-state index contributed by atoms with van der Waals surface area (Å²) in [5.74, 6) is 0.374. The van der Waals surface area contributed by atoms with E-state index in [1.54, 1.807) is 18.3 Å². The second kappa shape index (κ2) is 10.7. The van der Waals surface area contributed by atoms with Crippen LogP contribution in [0.1, 0.15) is 28.0 Å². The van der Waals surface area contributed by atoms with Crippen LogP contribution in [-0.2, 0) is 11.2 Å². The largest absolute Gasteiger partial charge is 0.368 e. The number of aryl methyl sites for hydroxylation is 1. The Morgan fingerprint density at radius 2 is 1.70 bits per heavy atom. The van der Waals surface area contributed by atoms with Crippen molar-refractivity contribution >= 4 is 23.7 Å². The third-order valence-electron chi connectivity index (χ3n) is 5.93. The minimum Gasteiger partial charge on any atom is -0.368 e. The van der Waals surface area contributed by atoms with Crippen LogP contribution >= 0.6 is 0 Å². The molecule has 1 aromatic carbocycles. The summed E-state index contributed by atoms with van der Waals surface area (Å²) in [4.78, 5) is 38.2. The van der Waals surface area contributed by atoms with Crippen LogP contribution in [0, 0.1) is 6.92 Å². The van der Waals surface area contributed by atoms with E-state index in [4.69, 9.17) is 0 Å². The van der Waals surface area contributed by atoms with Crippen LogP contribution < -0.4 is 15.1 Å². The summed E-state index contributed by atoms with van der Waals surface area (Å²) in [6.07, 6.45) is 5.71. The predicted molar refractivity (Wildman–Crippen MR) is 130 cm³/mol. The van der Waals surface area contributed by atoms with Crippen molar-refractivity contribution in [2.75, 3.05) is 36.0 Å². The highest BCUT2D eigenvalue weighted by Gasteiger charge is 2.23. The van der Waals surface area contributed by atoms with Gasteiger partial charge in [0.2, 0.25) is 0 Å². The van der Waals surface area contributed by atoms with E-state index < -0.39 is 6.04 Å². The molecule has 1 amide bonds. The number of anilines is 2. The van der Waals surface area contributed by atoms with Gasteiger partial charge >= 0.3 is 0 Å². The number of aromatic nitrogens is 2. The molecule has 1 unspecified atom stereocenters. The molecule has 7 nitrogen and oxygen atoms in total. The van der Waals surface area contributed by atoms with Crippen molar-refractivity contribution in [3.8, 4) is 0 Å². The third-order valence-corrected chi connectivity index (χ3v) is 5.93. The number of nitrogens with zero attached hydrogens (tertiary/aromatic N) is 4. The molecular formula is C26H29N5O2. The van der Waals surface area contributed by atoms with Crippen molar-refractivity contribution in [3.05, 3.63) is 83.8 Å². The number of hydrogen-bond donors (Lipinski definition) is 1. The van der Waals surface area contributed by atoms with E-state index in [2.05, 4.69) is 31.2 Å². The number of amides is 1. The number of hydrogen-bond acceptors (Lipinski definition) is 6. The van der Waals surface area contributed by atoms with E-state index in [0.717, 1.165) is 55.8 Å². The van der Waals surface area contributed by atoms with Gasteiger partial charge in [-0.25, -0.2) is 4.98 Å². The molecule has 3 aromatic rings. The lowest BCUT2D eigenvalue weighted by Gasteiger charge is -2.26. The molecular weight excluding hydrogens is 414 g/mol. The molecule has 1 aliphatic rings. The fraction of sp³-hybridized carbons (Fsp3) is 0.308. The van der Waals surface area contributed by atoms with Gasteiger partial charge in [-0.15, -0.1) is 0 Å². The molecule has 1 fully saturated rings. The highest BCUT2D eigenvalue weighted by molar-refractivity contribution is 6.00. The van der Waals surface area contributed by atoms with Crippen molar-refractivity contribution in [1.82, 2.24) is 15.3 Å². The molecule has 2 aromatic heterocycles. The van der Waals surface area contributed by atoms with Crippen molar-refractivity contribution in [2.24, 2.45) is 0 Å². The van der Waals surface area contributed by atoms with Gasteiger partial charge in [0, 0.05) is 38.6 Å². The van der Waals surface area contributed by atoms with E-state index in [9.17, 15) is 9.59 Å². The van der Waals surface area contributed by atoms with Gasteiger partial charge in [0.25, 0.3) is 5.91 Å². The minimum absolute atomic E-state index is 0.282. The molecule has 0 aliphatic carbocycles. The van der Waals surface area contributed by atoms with Crippen molar-refractivity contribution < 1.29 is 9.59 Å². The zero-order chi connectivity index (χ0) is 23.0. The number of carbonyl (C=O) groups is 2. The van der Waals surface area contributed by atoms with Gasteiger partial charge in [0.05, 0.1) is 23.0 Å². The van der Waals surface area contributed by atoms with Gasteiger partial charge in [0.1, 0.15) is 12.1 Å². The Morgan fingerprint density at radius 3 is 2.48 bits per heavy atom. The molecule has 3 heterocycles. The monoisotopic (exact) mass is 443 g/mol. The van der Waals surface area contributed by atoms with Crippen LogP contribution in [0.25, 0.3) is 0 Å². The van der Waals surface area contributed by atoms with Gasteiger partial charge in [-0.3, -0.25) is 9.78 Å². The van der Waals surface area contributed by atoms with E-state index in [1.807, 2.05) is 49.5 Å². The maximum Gasteiger partial charge on any atom is 0.255 e. The summed E-state index contributed by atoms with van der Waals surface area (Å²) in [5, 5.41) is 2.88. The van der Waals surface area contributed by atoms with Gasteiger partial charge in [-0.05, 0) is 49.6 Å². The van der Waals surface area contributed by atoms with Crippen LogP contribution in [0.3, 0.4) is 0 Å². The normalized spacial score (nSPS) is 14.9. The minimum atomic E-state index is -0.596. The maximum absolute atomic E-state index is 13.1.